The van der Waals surface area contributed by atoms with E-state index in [4.69, 9.17) is 15.0 Å². The van der Waals surface area contributed by atoms with Crippen molar-refractivity contribution in [3.63, 3.8) is 0 Å². The van der Waals surface area contributed by atoms with Crippen molar-refractivity contribution in [1.29, 1.82) is 0 Å². The van der Waals surface area contributed by atoms with Gasteiger partial charge in [-0.25, -0.2) is 0 Å². The monoisotopic (exact) mass is 267 g/mol. The van der Waals surface area contributed by atoms with Crippen LogP contribution in [0.1, 0.15) is 76.6 Å². The van der Waals surface area contributed by atoms with Crippen LogP contribution in [0.25, 0.3) is 0 Å². The van der Waals surface area contributed by atoms with Crippen molar-refractivity contribution in [2.24, 2.45) is 5.73 Å². The second-order valence-electron chi connectivity index (χ2n) is 5.38. The van der Waals surface area contributed by atoms with Crippen LogP contribution in [-0.2, 0) is 10.3 Å². The van der Waals surface area contributed by atoms with Gasteiger partial charge in [0, 0.05) is 6.61 Å². The minimum absolute atomic E-state index is 0.0862. The van der Waals surface area contributed by atoms with Crippen LogP contribution in [0.15, 0.2) is 4.52 Å². The summed E-state index contributed by atoms with van der Waals surface area (Å²) < 4.78 is 11.0. The molecule has 1 saturated carbocycles. The predicted octanol–water partition coefficient (Wildman–Crippen LogP) is 3.07. The molecule has 0 spiro atoms. The van der Waals surface area contributed by atoms with Gasteiger partial charge in [-0.1, -0.05) is 37.8 Å². The number of aromatic nitrogens is 2. The molecule has 0 aromatic carbocycles. The lowest BCUT2D eigenvalue weighted by Gasteiger charge is -2.22. The van der Waals surface area contributed by atoms with E-state index < -0.39 is 5.54 Å². The zero-order valence-corrected chi connectivity index (χ0v) is 12.0. The Morgan fingerprint density at radius 1 is 1.26 bits per heavy atom. The van der Waals surface area contributed by atoms with Crippen LogP contribution in [0.4, 0.5) is 0 Å². The minimum Gasteiger partial charge on any atom is -0.370 e. The number of hydrogen-bond donors (Lipinski definition) is 1. The number of nitrogens with zero attached hydrogens (tertiary/aromatic N) is 2. The Balaban J connectivity index is 2.14. The third-order valence-electron chi connectivity index (χ3n) is 3.89. The second kappa shape index (κ2) is 6.48. The lowest BCUT2D eigenvalue weighted by molar-refractivity contribution is 0.0518. The van der Waals surface area contributed by atoms with Crippen LogP contribution in [0.3, 0.4) is 0 Å². The van der Waals surface area contributed by atoms with Gasteiger partial charge in [0.2, 0.25) is 11.7 Å². The largest absolute Gasteiger partial charge is 0.370 e. The van der Waals surface area contributed by atoms with Gasteiger partial charge < -0.3 is 15.0 Å². The molecule has 5 nitrogen and oxygen atoms in total. The van der Waals surface area contributed by atoms with Gasteiger partial charge in [0.1, 0.15) is 6.10 Å². The standard InChI is InChI=1S/C14H25N3O2/c1-3-11(18-4-2)12-16-13(19-17-12)14(15)9-7-5-6-8-10-14/h11H,3-10,15H2,1-2H3. The van der Waals surface area contributed by atoms with Gasteiger partial charge in [-0.3, -0.25) is 0 Å². The fraction of sp³-hybridized carbons (Fsp3) is 0.857. The molecule has 1 unspecified atom stereocenters. The normalized spacial score (nSPS) is 21.0. The van der Waals surface area contributed by atoms with Crippen molar-refractivity contribution in [2.45, 2.75) is 70.4 Å². The average Bonchev–Trinajstić information content (AvgIpc) is 2.80. The Labute approximate surface area is 114 Å². The first-order valence-corrected chi connectivity index (χ1v) is 7.44. The summed E-state index contributed by atoms with van der Waals surface area (Å²) in [6, 6.07) is 0. The van der Waals surface area contributed by atoms with E-state index in [0.717, 1.165) is 32.1 Å². The summed E-state index contributed by atoms with van der Waals surface area (Å²) in [6.45, 7) is 4.68. The SMILES string of the molecule is CCOC(CC)c1noc(C2(N)CCCCCC2)n1. The zero-order chi connectivity index (χ0) is 13.7. The fourth-order valence-corrected chi connectivity index (χ4v) is 2.72. The molecule has 5 heteroatoms. The van der Waals surface area contributed by atoms with Crippen molar-refractivity contribution >= 4 is 0 Å². The van der Waals surface area contributed by atoms with Gasteiger partial charge in [-0.05, 0) is 26.2 Å². The molecule has 0 aliphatic heterocycles. The minimum atomic E-state index is -0.438. The van der Waals surface area contributed by atoms with E-state index in [1.165, 1.54) is 12.8 Å². The molecule has 1 aromatic heterocycles. The smallest absolute Gasteiger partial charge is 0.246 e. The van der Waals surface area contributed by atoms with Crippen LogP contribution >= 0.6 is 0 Å². The van der Waals surface area contributed by atoms with Crippen molar-refractivity contribution in [3.05, 3.63) is 11.7 Å². The van der Waals surface area contributed by atoms with Crippen LogP contribution in [0, 0.1) is 0 Å². The maximum Gasteiger partial charge on any atom is 0.246 e. The van der Waals surface area contributed by atoms with Crippen molar-refractivity contribution in [3.8, 4) is 0 Å². The van der Waals surface area contributed by atoms with Crippen molar-refractivity contribution in [1.82, 2.24) is 10.1 Å². The molecule has 0 bridgehead atoms. The molecule has 2 rings (SSSR count). The van der Waals surface area contributed by atoms with Crippen LogP contribution in [0.5, 0.6) is 0 Å². The van der Waals surface area contributed by atoms with Crippen LogP contribution in [-0.4, -0.2) is 16.7 Å². The third-order valence-corrected chi connectivity index (χ3v) is 3.89. The predicted molar refractivity (Wildman–Crippen MR) is 72.5 cm³/mol. The first-order valence-electron chi connectivity index (χ1n) is 7.44. The van der Waals surface area contributed by atoms with Gasteiger partial charge in [0.05, 0.1) is 5.54 Å². The first kappa shape index (κ1) is 14.5. The van der Waals surface area contributed by atoms with Crippen LogP contribution < -0.4 is 5.73 Å². The van der Waals surface area contributed by atoms with E-state index in [2.05, 4.69) is 17.1 Å². The van der Waals surface area contributed by atoms with Gasteiger partial charge in [0.15, 0.2) is 0 Å². The van der Waals surface area contributed by atoms with Crippen molar-refractivity contribution < 1.29 is 9.26 Å². The Morgan fingerprint density at radius 2 is 1.95 bits per heavy atom. The number of rotatable bonds is 5. The zero-order valence-electron chi connectivity index (χ0n) is 12.0. The van der Waals surface area contributed by atoms with Crippen molar-refractivity contribution in [2.75, 3.05) is 6.61 Å². The molecule has 1 fully saturated rings. The summed E-state index contributed by atoms with van der Waals surface area (Å²) in [5, 5.41) is 4.07. The molecule has 108 valence electrons. The molecule has 0 saturated heterocycles. The molecule has 1 aliphatic rings. The van der Waals surface area contributed by atoms with E-state index >= 15 is 0 Å². The Bertz CT molecular complexity index is 384. The second-order valence-corrected chi connectivity index (χ2v) is 5.38. The lowest BCUT2D eigenvalue weighted by atomic mass is 9.91. The summed E-state index contributed by atoms with van der Waals surface area (Å²) in [5.74, 6) is 1.22. The molecule has 0 radical (unpaired) electrons. The highest BCUT2D eigenvalue weighted by Gasteiger charge is 2.34. The molecular formula is C14H25N3O2. The summed E-state index contributed by atoms with van der Waals surface area (Å²) in [5.41, 5.74) is 6.03. The Hall–Kier alpha value is -0.940. The highest BCUT2D eigenvalue weighted by Crippen LogP contribution is 2.33. The molecule has 2 N–H and O–H groups in total. The molecule has 1 aromatic rings. The number of hydrogen-bond acceptors (Lipinski definition) is 5. The number of nitrogens with two attached hydrogens (primary N) is 1. The molecule has 1 heterocycles. The number of ether oxygens (including phenoxy) is 1. The molecule has 1 aliphatic carbocycles. The van der Waals surface area contributed by atoms with E-state index in [0.29, 0.717) is 18.3 Å². The third kappa shape index (κ3) is 3.34. The summed E-state index contributed by atoms with van der Waals surface area (Å²) in [7, 11) is 0. The molecular weight excluding hydrogens is 242 g/mol. The summed E-state index contributed by atoms with van der Waals surface area (Å²) >= 11 is 0. The van der Waals surface area contributed by atoms with Gasteiger partial charge >= 0.3 is 0 Å². The quantitative estimate of drug-likeness (QED) is 0.830. The molecule has 0 amide bonds. The topological polar surface area (TPSA) is 74.2 Å². The van der Waals surface area contributed by atoms with Crippen LogP contribution in [0.2, 0.25) is 0 Å². The van der Waals surface area contributed by atoms with Gasteiger partial charge in [0.25, 0.3) is 0 Å². The highest BCUT2D eigenvalue weighted by atomic mass is 16.5. The molecule has 1 atom stereocenters. The van der Waals surface area contributed by atoms with E-state index in [9.17, 15) is 0 Å². The Kier molecular flexibility index (Phi) is 4.93. The van der Waals surface area contributed by atoms with E-state index in [1.807, 2.05) is 6.92 Å². The van der Waals surface area contributed by atoms with Gasteiger partial charge in [-0.15, -0.1) is 0 Å². The lowest BCUT2D eigenvalue weighted by Crippen LogP contribution is -2.36. The Morgan fingerprint density at radius 3 is 2.53 bits per heavy atom. The van der Waals surface area contributed by atoms with Gasteiger partial charge in [-0.2, -0.15) is 4.98 Å². The van der Waals surface area contributed by atoms with E-state index in [1.54, 1.807) is 0 Å². The highest BCUT2D eigenvalue weighted by molar-refractivity contribution is 5.04. The first-order chi connectivity index (χ1) is 9.19. The maximum atomic E-state index is 6.47. The summed E-state index contributed by atoms with van der Waals surface area (Å²) in [4.78, 5) is 4.51. The van der Waals surface area contributed by atoms with E-state index in [-0.39, 0.29) is 6.10 Å². The maximum absolute atomic E-state index is 6.47. The fourth-order valence-electron chi connectivity index (χ4n) is 2.72. The average molecular weight is 267 g/mol. The summed E-state index contributed by atoms with van der Waals surface area (Å²) in [6.07, 6.45) is 7.38. The molecule has 19 heavy (non-hydrogen) atoms.